The quantitative estimate of drug-likeness (QED) is 0.401. The third-order valence-electron chi connectivity index (χ3n) is 5.75. The van der Waals surface area contributed by atoms with Gasteiger partial charge in [-0.15, -0.1) is 0 Å². The van der Waals surface area contributed by atoms with Crippen LogP contribution in [-0.4, -0.2) is 57.3 Å². The van der Waals surface area contributed by atoms with E-state index in [9.17, 15) is 24.6 Å². The number of benzene rings is 2. The van der Waals surface area contributed by atoms with E-state index in [2.05, 4.69) is 10.3 Å². The molecule has 2 heterocycles. The molecule has 4 rings (SSSR count). The first kappa shape index (κ1) is 23.4. The summed E-state index contributed by atoms with van der Waals surface area (Å²) in [5, 5.41) is 22.6. The third-order valence-corrected chi connectivity index (χ3v) is 5.75. The zero-order valence-corrected chi connectivity index (χ0v) is 18.1. The van der Waals surface area contributed by atoms with Gasteiger partial charge >= 0.3 is 11.8 Å². The minimum atomic E-state index is -1.32. The lowest BCUT2D eigenvalue weighted by molar-refractivity contribution is -0.0469. The molecule has 0 radical (unpaired) electrons. The summed E-state index contributed by atoms with van der Waals surface area (Å²) >= 11 is 0. The molecule has 3 aromatic rings. The van der Waals surface area contributed by atoms with Gasteiger partial charge in [-0.05, 0) is 11.1 Å². The summed E-state index contributed by atoms with van der Waals surface area (Å²) in [6.07, 6.45) is -3.16. The summed E-state index contributed by atoms with van der Waals surface area (Å²) < 4.78 is 12.1. The normalized spacial score (nSPS) is 22.0. The highest BCUT2D eigenvalue weighted by atomic mass is 16.6. The van der Waals surface area contributed by atoms with Gasteiger partial charge in [0.05, 0.1) is 6.61 Å². The molecule has 0 bridgehead atoms. The van der Waals surface area contributed by atoms with Crippen molar-refractivity contribution in [2.75, 3.05) is 13.2 Å². The van der Waals surface area contributed by atoms with Gasteiger partial charge in [-0.2, -0.15) is 0 Å². The predicted octanol–water partition coefficient (Wildman–Crippen LogP) is 0.714. The fourth-order valence-electron chi connectivity index (χ4n) is 4.01. The molecule has 4 atom stereocenters. The number of amides is 1. The first-order valence-corrected chi connectivity index (χ1v) is 10.8. The highest BCUT2D eigenvalue weighted by Crippen LogP contribution is 2.29. The van der Waals surface area contributed by atoms with Crippen molar-refractivity contribution >= 4 is 6.09 Å². The van der Waals surface area contributed by atoms with Gasteiger partial charge in [-0.3, -0.25) is 14.3 Å². The highest BCUT2D eigenvalue weighted by Gasteiger charge is 2.46. The number of nitrogens with zero attached hydrogens (tertiary/aromatic N) is 1. The molecule has 1 aliphatic heterocycles. The molecule has 1 fully saturated rings. The molecular formula is C24H25N3O7. The number of aromatic amines is 1. The molecule has 2 unspecified atom stereocenters. The van der Waals surface area contributed by atoms with Gasteiger partial charge in [-0.1, -0.05) is 60.7 Å². The molecule has 0 spiro atoms. The van der Waals surface area contributed by atoms with Crippen molar-refractivity contribution in [3.63, 3.8) is 0 Å². The summed E-state index contributed by atoms with van der Waals surface area (Å²) in [7, 11) is 0. The smallest absolute Gasteiger partial charge is 0.407 e. The standard InChI is InChI=1S/C24H25N3O7/c28-13-18-21(30)20(22(34-18)27-12-11-19(29)25-23(27)31)26-24(32)33-14-17(15-7-3-1-4-8-15)16-9-5-2-6-10-16/h1-12,17-18,20-22,28,30H,13-14H2,(H,26,32)(H,25,29,31)/t18-,20?,21?,22-/m1/s1. The molecule has 4 N–H and O–H groups in total. The summed E-state index contributed by atoms with van der Waals surface area (Å²) in [6.45, 7) is -0.511. The molecule has 34 heavy (non-hydrogen) atoms. The molecule has 0 saturated carbocycles. The number of carbonyl (C=O) groups is 1. The van der Waals surface area contributed by atoms with E-state index in [1.165, 1.54) is 6.20 Å². The number of hydrogen-bond acceptors (Lipinski definition) is 7. The van der Waals surface area contributed by atoms with Crippen molar-refractivity contribution in [3.05, 3.63) is 105 Å². The Morgan fingerprint density at radius 2 is 1.68 bits per heavy atom. The van der Waals surface area contributed by atoms with Crippen LogP contribution in [0.15, 0.2) is 82.5 Å². The highest BCUT2D eigenvalue weighted by molar-refractivity contribution is 5.68. The Hall–Kier alpha value is -3.73. The Morgan fingerprint density at radius 1 is 1.06 bits per heavy atom. The van der Waals surface area contributed by atoms with E-state index in [4.69, 9.17) is 9.47 Å². The lowest BCUT2D eigenvalue weighted by atomic mass is 9.92. The Labute approximate surface area is 194 Å². The second kappa shape index (κ2) is 10.5. The second-order valence-electron chi connectivity index (χ2n) is 7.90. The van der Waals surface area contributed by atoms with E-state index < -0.39 is 48.4 Å². The number of aliphatic hydroxyl groups excluding tert-OH is 2. The van der Waals surface area contributed by atoms with Gasteiger partial charge in [0.25, 0.3) is 5.56 Å². The van der Waals surface area contributed by atoms with Gasteiger partial charge < -0.3 is 25.0 Å². The van der Waals surface area contributed by atoms with E-state index in [0.29, 0.717) is 0 Å². The van der Waals surface area contributed by atoms with Crippen LogP contribution in [0.25, 0.3) is 0 Å². The summed E-state index contributed by atoms with van der Waals surface area (Å²) in [5.41, 5.74) is 0.541. The molecule has 2 aromatic carbocycles. The largest absolute Gasteiger partial charge is 0.449 e. The first-order chi connectivity index (χ1) is 16.5. The van der Waals surface area contributed by atoms with Gasteiger partial charge in [0.15, 0.2) is 6.23 Å². The van der Waals surface area contributed by atoms with Crippen LogP contribution >= 0.6 is 0 Å². The Morgan fingerprint density at radius 3 is 2.24 bits per heavy atom. The van der Waals surface area contributed by atoms with Crippen molar-refractivity contribution in [3.8, 4) is 0 Å². The molecule has 1 aliphatic rings. The number of rotatable bonds is 7. The lowest BCUT2D eigenvalue weighted by Crippen LogP contribution is -2.48. The fourth-order valence-corrected chi connectivity index (χ4v) is 4.01. The van der Waals surface area contributed by atoms with Crippen LogP contribution in [0.5, 0.6) is 0 Å². The van der Waals surface area contributed by atoms with Crippen LogP contribution in [0.3, 0.4) is 0 Å². The number of aliphatic hydroxyl groups is 2. The molecular weight excluding hydrogens is 442 g/mol. The van der Waals surface area contributed by atoms with Gasteiger partial charge in [0.1, 0.15) is 24.9 Å². The Balaban J connectivity index is 1.50. The number of nitrogens with one attached hydrogen (secondary N) is 2. The van der Waals surface area contributed by atoms with E-state index in [1.54, 1.807) is 0 Å². The minimum Gasteiger partial charge on any atom is -0.449 e. The summed E-state index contributed by atoms with van der Waals surface area (Å²) in [5.74, 6) is -0.222. The van der Waals surface area contributed by atoms with Crippen molar-refractivity contribution in [2.24, 2.45) is 0 Å². The first-order valence-electron chi connectivity index (χ1n) is 10.8. The number of carbonyl (C=O) groups excluding carboxylic acids is 1. The number of H-pyrrole nitrogens is 1. The predicted molar refractivity (Wildman–Crippen MR) is 121 cm³/mol. The molecule has 178 valence electrons. The average molecular weight is 467 g/mol. The van der Waals surface area contributed by atoms with Gasteiger partial charge in [0, 0.05) is 18.2 Å². The maximum absolute atomic E-state index is 12.7. The van der Waals surface area contributed by atoms with Crippen molar-refractivity contribution < 1.29 is 24.5 Å². The van der Waals surface area contributed by atoms with E-state index in [1.807, 2.05) is 60.7 Å². The number of ether oxygens (including phenoxy) is 2. The maximum atomic E-state index is 12.7. The van der Waals surface area contributed by atoms with Crippen LogP contribution < -0.4 is 16.6 Å². The van der Waals surface area contributed by atoms with Crippen LogP contribution in [0, 0.1) is 0 Å². The number of aromatic nitrogens is 2. The fraction of sp³-hybridized carbons (Fsp3) is 0.292. The van der Waals surface area contributed by atoms with Crippen LogP contribution in [0.1, 0.15) is 23.3 Å². The summed E-state index contributed by atoms with van der Waals surface area (Å²) in [6, 6.07) is 19.2. The van der Waals surface area contributed by atoms with Crippen LogP contribution in [0.4, 0.5) is 4.79 Å². The Bertz CT molecular complexity index is 1170. The summed E-state index contributed by atoms with van der Waals surface area (Å²) in [4.78, 5) is 38.4. The van der Waals surface area contributed by atoms with Gasteiger partial charge in [0.2, 0.25) is 0 Å². The zero-order chi connectivity index (χ0) is 24.1. The lowest BCUT2D eigenvalue weighted by Gasteiger charge is -2.24. The van der Waals surface area contributed by atoms with Gasteiger partial charge in [-0.25, -0.2) is 9.59 Å². The molecule has 0 aliphatic carbocycles. The number of alkyl carbamates (subject to hydrolysis) is 1. The maximum Gasteiger partial charge on any atom is 0.407 e. The van der Waals surface area contributed by atoms with Crippen molar-refractivity contribution in [1.29, 1.82) is 0 Å². The Kier molecular flexibility index (Phi) is 7.21. The van der Waals surface area contributed by atoms with Crippen LogP contribution in [-0.2, 0) is 9.47 Å². The van der Waals surface area contributed by atoms with Crippen molar-refractivity contribution in [1.82, 2.24) is 14.9 Å². The molecule has 10 heteroatoms. The molecule has 1 amide bonds. The number of hydrogen-bond donors (Lipinski definition) is 4. The topological polar surface area (TPSA) is 143 Å². The molecule has 10 nitrogen and oxygen atoms in total. The SMILES string of the molecule is O=C(NC1C(O)[C@@H](CO)O[C@H]1n1ccc(=O)[nH]c1=O)OCC(c1ccccc1)c1ccccc1. The van der Waals surface area contributed by atoms with E-state index >= 15 is 0 Å². The van der Waals surface area contributed by atoms with E-state index in [-0.39, 0.29) is 12.5 Å². The minimum absolute atomic E-state index is 0.0240. The van der Waals surface area contributed by atoms with E-state index in [0.717, 1.165) is 21.8 Å². The van der Waals surface area contributed by atoms with Crippen LogP contribution in [0.2, 0.25) is 0 Å². The molecule has 1 saturated heterocycles. The average Bonchev–Trinajstić information content (AvgIpc) is 3.15. The third kappa shape index (κ3) is 5.09. The van der Waals surface area contributed by atoms with Crippen molar-refractivity contribution in [2.45, 2.75) is 30.4 Å². The molecule has 1 aromatic heterocycles. The second-order valence-corrected chi connectivity index (χ2v) is 7.90. The zero-order valence-electron chi connectivity index (χ0n) is 18.1. The monoisotopic (exact) mass is 467 g/mol.